The molecule has 0 unspecified atom stereocenters. The second-order valence-electron chi connectivity index (χ2n) is 2.32. The zero-order valence-electron chi connectivity index (χ0n) is 6.70. The summed E-state index contributed by atoms with van der Waals surface area (Å²) in [6.45, 7) is -1.62. The van der Waals surface area contributed by atoms with Crippen LogP contribution in [0.5, 0.6) is 0 Å². The summed E-state index contributed by atoms with van der Waals surface area (Å²) in [4.78, 5) is 0. The van der Waals surface area contributed by atoms with Crippen molar-refractivity contribution in [2.45, 2.75) is 0 Å². The van der Waals surface area contributed by atoms with Crippen LogP contribution in [-0.4, -0.2) is 46.9 Å². The minimum Gasteiger partial charge on any atom is -0.396 e. The maximum absolute atomic E-state index is 8.50. The maximum Gasteiger partial charge on any atom is 0.179 e. The lowest BCUT2D eigenvalue weighted by atomic mass is 9.93. The van der Waals surface area contributed by atoms with Gasteiger partial charge in [0.25, 0.3) is 0 Å². The van der Waals surface area contributed by atoms with Crippen molar-refractivity contribution in [3.8, 4) is 0 Å². The van der Waals surface area contributed by atoms with Crippen molar-refractivity contribution in [1.29, 1.82) is 0 Å². The zero-order chi connectivity index (χ0) is 10.9. The molecule has 0 aliphatic heterocycles. The maximum atomic E-state index is 8.50. The lowest BCUT2D eigenvalue weighted by Gasteiger charge is -2.23. The van der Waals surface area contributed by atoms with E-state index >= 15 is 0 Å². The number of rotatable bonds is 4. The summed E-state index contributed by atoms with van der Waals surface area (Å²) in [5.74, 6) is -1.20. The van der Waals surface area contributed by atoms with E-state index in [0.717, 1.165) is 0 Å². The Morgan fingerprint density at radius 2 is 0.923 bits per heavy atom. The molecule has 82 valence electrons. The molecule has 0 aliphatic rings. The van der Waals surface area contributed by atoms with Gasteiger partial charge in [-0.25, -0.2) is 0 Å². The molecule has 0 atom stereocenters. The predicted molar refractivity (Wildman–Crippen MR) is 55.3 cm³/mol. The third kappa shape index (κ3) is 9.44. The Bertz CT molecular complexity index is 91.7. The fraction of sp³-hybridized carbons (Fsp3) is 1.00. The van der Waals surface area contributed by atoms with Gasteiger partial charge in [-0.1, -0.05) is 33.7 Å². The summed E-state index contributed by atoms with van der Waals surface area (Å²) < 4.78 is 0. The molecule has 13 heavy (non-hydrogen) atoms. The zero-order valence-corrected chi connectivity index (χ0v) is 9.86. The van der Waals surface area contributed by atoms with Gasteiger partial charge in [-0.3, -0.25) is 0 Å². The second kappa shape index (κ2) is 9.69. The van der Waals surface area contributed by atoms with Gasteiger partial charge in [-0.15, -0.1) is 0 Å². The first kappa shape index (κ1) is 16.6. The van der Waals surface area contributed by atoms with E-state index in [4.69, 9.17) is 54.1 Å². The van der Waals surface area contributed by atoms with E-state index in [9.17, 15) is 0 Å². The standard InChI is InChI=1S/C5H12O4.Cl3P/c6-1-5(2-7,3-8)4-9;1-4(2)3/h6-9H,1-4H2;. The Balaban J connectivity index is 0. The van der Waals surface area contributed by atoms with Gasteiger partial charge < -0.3 is 20.4 Å². The van der Waals surface area contributed by atoms with Gasteiger partial charge in [0.2, 0.25) is 0 Å². The van der Waals surface area contributed by atoms with Crippen LogP contribution in [0.2, 0.25) is 0 Å². The van der Waals surface area contributed by atoms with Crippen LogP contribution in [0, 0.1) is 5.41 Å². The van der Waals surface area contributed by atoms with Gasteiger partial charge in [0.1, 0.15) is 0 Å². The number of halogens is 3. The van der Waals surface area contributed by atoms with Crippen LogP contribution >= 0.6 is 39.7 Å². The van der Waals surface area contributed by atoms with Crippen molar-refractivity contribution < 1.29 is 20.4 Å². The predicted octanol–water partition coefficient (Wildman–Crippen LogP) is 0.872. The molecule has 0 radical (unpaired) electrons. The van der Waals surface area contributed by atoms with Gasteiger partial charge in [0.15, 0.2) is 5.98 Å². The van der Waals surface area contributed by atoms with E-state index in [1.54, 1.807) is 0 Å². The van der Waals surface area contributed by atoms with Gasteiger partial charge >= 0.3 is 0 Å². The fourth-order valence-corrected chi connectivity index (χ4v) is 0.300. The van der Waals surface area contributed by atoms with Crippen molar-refractivity contribution in [2.75, 3.05) is 26.4 Å². The van der Waals surface area contributed by atoms with E-state index in [1.807, 2.05) is 0 Å². The Morgan fingerprint density at radius 1 is 0.769 bits per heavy atom. The smallest absolute Gasteiger partial charge is 0.179 e. The average molecular weight is 273 g/mol. The van der Waals surface area contributed by atoms with Crippen LogP contribution in [0.4, 0.5) is 0 Å². The topological polar surface area (TPSA) is 80.9 Å². The van der Waals surface area contributed by atoms with E-state index in [0.29, 0.717) is 0 Å². The van der Waals surface area contributed by atoms with Gasteiger partial charge in [-0.05, 0) is 0 Å². The third-order valence-corrected chi connectivity index (χ3v) is 1.34. The first-order valence-corrected chi connectivity index (χ1v) is 7.24. The third-order valence-electron chi connectivity index (χ3n) is 1.34. The van der Waals surface area contributed by atoms with Crippen LogP contribution in [0.15, 0.2) is 0 Å². The quantitative estimate of drug-likeness (QED) is 0.573. The largest absolute Gasteiger partial charge is 0.396 e. The molecule has 0 fully saturated rings. The van der Waals surface area contributed by atoms with E-state index in [2.05, 4.69) is 0 Å². The highest BCUT2D eigenvalue weighted by Gasteiger charge is 2.26. The van der Waals surface area contributed by atoms with E-state index < -0.39 is 37.8 Å². The molecule has 0 aromatic rings. The summed E-state index contributed by atoms with van der Waals surface area (Å²) >= 11 is 14.6. The molecule has 0 saturated carbocycles. The molecule has 0 amide bonds. The van der Waals surface area contributed by atoms with Gasteiger partial charge in [0.05, 0.1) is 31.8 Å². The molecular weight excluding hydrogens is 261 g/mol. The molecule has 0 rings (SSSR count). The highest BCUT2D eigenvalue weighted by Crippen LogP contribution is 2.51. The number of hydrogen-bond donors (Lipinski definition) is 4. The van der Waals surface area contributed by atoms with Crippen LogP contribution in [-0.2, 0) is 0 Å². The SMILES string of the molecule is ClP(Cl)Cl.OCC(CO)(CO)CO. The minimum absolute atomic E-state index is 0.406. The number of aliphatic hydroxyl groups excluding tert-OH is 4. The molecule has 0 heterocycles. The molecule has 0 aromatic heterocycles. The van der Waals surface area contributed by atoms with Crippen LogP contribution in [0.3, 0.4) is 0 Å². The fourth-order valence-electron chi connectivity index (χ4n) is 0.300. The first-order chi connectivity index (χ1) is 5.97. The molecule has 8 heteroatoms. The Hall–Kier alpha value is 1.14. The normalized spacial score (nSPS) is 11.1. The first-order valence-electron chi connectivity index (χ1n) is 3.19. The van der Waals surface area contributed by atoms with Crippen molar-refractivity contribution >= 4 is 39.7 Å². The Labute approximate surface area is 92.2 Å². The summed E-state index contributed by atoms with van der Waals surface area (Å²) in [6, 6.07) is 0. The summed E-state index contributed by atoms with van der Waals surface area (Å²) in [5.41, 5.74) is -1.11. The second-order valence-corrected chi connectivity index (χ2v) is 7.31. The van der Waals surface area contributed by atoms with Crippen molar-refractivity contribution in [1.82, 2.24) is 0 Å². The average Bonchev–Trinajstić information content (AvgIpc) is 2.09. The monoisotopic (exact) mass is 272 g/mol. The number of aliphatic hydroxyl groups is 4. The lowest BCUT2D eigenvalue weighted by Crippen LogP contribution is -2.37. The lowest BCUT2D eigenvalue weighted by molar-refractivity contribution is -0.0328. The van der Waals surface area contributed by atoms with Crippen molar-refractivity contribution in [2.24, 2.45) is 5.41 Å². The molecule has 4 N–H and O–H groups in total. The summed E-state index contributed by atoms with van der Waals surface area (Å²) in [5, 5.41) is 34.0. The number of hydrogen-bond acceptors (Lipinski definition) is 4. The van der Waals surface area contributed by atoms with Crippen molar-refractivity contribution in [3.63, 3.8) is 0 Å². The van der Waals surface area contributed by atoms with Crippen LogP contribution in [0.1, 0.15) is 0 Å². The van der Waals surface area contributed by atoms with Gasteiger partial charge in [0, 0.05) is 0 Å². The van der Waals surface area contributed by atoms with Gasteiger partial charge in [-0.2, -0.15) is 0 Å². The Morgan fingerprint density at radius 3 is 0.923 bits per heavy atom. The Kier molecular flexibility index (Phi) is 12.3. The van der Waals surface area contributed by atoms with E-state index in [1.165, 1.54) is 0 Å². The summed E-state index contributed by atoms with van der Waals surface area (Å²) in [6.07, 6.45) is 0. The molecule has 0 spiro atoms. The summed E-state index contributed by atoms with van der Waals surface area (Å²) in [7, 11) is 0. The van der Waals surface area contributed by atoms with Crippen molar-refractivity contribution in [3.05, 3.63) is 0 Å². The molecule has 0 aliphatic carbocycles. The molecule has 0 saturated heterocycles. The highest BCUT2D eigenvalue weighted by atomic mass is 36.0. The van der Waals surface area contributed by atoms with Crippen LogP contribution in [0.25, 0.3) is 0 Å². The van der Waals surface area contributed by atoms with Crippen LogP contribution < -0.4 is 0 Å². The molecule has 0 aromatic carbocycles. The van der Waals surface area contributed by atoms with E-state index in [-0.39, 0.29) is 0 Å². The molecule has 4 nitrogen and oxygen atoms in total. The highest BCUT2D eigenvalue weighted by molar-refractivity contribution is 8.20. The minimum atomic E-state index is -1.20. The molecular formula is C5H12Cl3O4P. The molecule has 0 bridgehead atoms.